The Morgan fingerprint density at radius 2 is 1.34 bits per heavy atom. The standard InChI is InChI=1S/C32H30N2O7/c1-3-37-25-18-16-24(17-19-25)31(36)41-28-20-15-23(21-29(28)38-4-2)22-33-34-30(35)32(39-26-11-7-5-8-12-26)40-27-13-9-6-10-14-27/h5-22,32H,3-4H2,1-2H3,(H,34,35). The van der Waals surface area contributed by atoms with Crippen molar-refractivity contribution in [1.29, 1.82) is 0 Å². The van der Waals surface area contributed by atoms with Crippen molar-refractivity contribution in [3.63, 3.8) is 0 Å². The summed E-state index contributed by atoms with van der Waals surface area (Å²) in [6, 6.07) is 29.3. The molecule has 9 nitrogen and oxygen atoms in total. The van der Waals surface area contributed by atoms with Crippen molar-refractivity contribution in [2.75, 3.05) is 13.2 Å². The highest BCUT2D eigenvalue weighted by molar-refractivity contribution is 5.92. The Bertz CT molecular complexity index is 1400. The third kappa shape index (κ3) is 8.59. The largest absolute Gasteiger partial charge is 0.494 e. The van der Waals surface area contributed by atoms with Gasteiger partial charge in [0, 0.05) is 0 Å². The average Bonchev–Trinajstić information content (AvgIpc) is 3.00. The summed E-state index contributed by atoms with van der Waals surface area (Å²) in [5.41, 5.74) is 3.42. The van der Waals surface area contributed by atoms with Gasteiger partial charge in [-0.3, -0.25) is 4.79 Å². The van der Waals surface area contributed by atoms with Gasteiger partial charge in [0.2, 0.25) is 0 Å². The number of hydrogen-bond acceptors (Lipinski definition) is 8. The number of benzene rings is 4. The molecular weight excluding hydrogens is 524 g/mol. The second-order valence-electron chi connectivity index (χ2n) is 8.41. The maximum Gasteiger partial charge on any atom is 0.343 e. The second-order valence-corrected chi connectivity index (χ2v) is 8.41. The molecule has 210 valence electrons. The van der Waals surface area contributed by atoms with E-state index in [2.05, 4.69) is 10.5 Å². The molecule has 1 N–H and O–H groups in total. The normalized spacial score (nSPS) is 10.7. The molecule has 1 amide bonds. The zero-order valence-corrected chi connectivity index (χ0v) is 22.7. The molecule has 9 heteroatoms. The first-order valence-corrected chi connectivity index (χ1v) is 13.0. The summed E-state index contributed by atoms with van der Waals surface area (Å²) in [6.07, 6.45) is 0.140. The molecule has 4 aromatic carbocycles. The molecule has 0 bridgehead atoms. The van der Waals surface area contributed by atoms with Gasteiger partial charge in [-0.15, -0.1) is 0 Å². The Morgan fingerprint density at radius 3 is 1.93 bits per heavy atom. The van der Waals surface area contributed by atoms with Crippen LogP contribution in [0.15, 0.2) is 108 Å². The molecule has 4 rings (SSSR count). The van der Waals surface area contributed by atoms with Gasteiger partial charge in [0.05, 0.1) is 25.0 Å². The van der Waals surface area contributed by atoms with Crippen LogP contribution in [-0.2, 0) is 4.79 Å². The lowest BCUT2D eigenvalue weighted by Gasteiger charge is -2.18. The average molecular weight is 555 g/mol. The van der Waals surface area contributed by atoms with E-state index in [0.29, 0.717) is 47.3 Å². The van der Waals surface area contributed by atoms with Gasteiger partial charge in [-0.2, -0.15) is 5.10 Å². The number of rotatable bonds is 13. The van der Waals surface area contributed by atoms with E-state index >= 15 is 0 Å². The Kier molecular flexibility index (Phi) is 10.3. The highest BCUT2D eigenvalue weighted by Gasteiger charge is 2.22. The van der Waals surface area contributed by atoms with Gasteiger partial charge in [0.1, 0.15) is 17.2 Å². The van der Waals surface area contributed by atoms with Crippen LogP contribution in [0.5, 0.6) is 28.7 Å². The smallest absolute Gasteiger partial charge is 0.343 e. The lowest BCUT2D eigenvalue weighted by Crippen LogP contribution is -2.40. The van der Waals surface area contributed by atoms with Crippen LogP contribution in [0.25, 0.3) is 0 Å². The fourth-order valence-electron chi connectivity index (χ4n) is 3.57. The Balaban J connectivity index is 1.42. The van der Waals surface area contributed by atoms with E-state index in [4.69, 9.17) is 23.7 Å². The lowest BCUT2D eigenvalue weighted by atomic mass is 10.2. The van der Waals surface area contributed by atoms with E-state index in [9.17, 15) is 9.59 Å². The van der Waals surface area contributed by atoms with Crippen LogP contribution in [0.4, 0.5) is 0 Å². The van der Waals surface area contributed by atoms with Crippen LogP contribution in [0.3, 0.4) is 0 Å². The SMILES string of the molecule is CCOc1ccc(C(=O)Oc2ccc(C=NNC(=O)C(Oc3ccccc3)Oc3ccccc3)cc2OCC)cc1. The van der Waals surface area contributed by atoms with Crippen LogP contribution >= 0.6 is 0 Å². The van der Waals surface area contributed by atoms with Crippen molar-refractivity contribution in [1.82, 2.24) is 5.43 Å². The van der Waals surface area contributed by atoms with Crippen LogP contribution < -0.4 is 29.1 Å². The molecule has 0 unspecified atom stereocenters. The number of hydrazone groups is 1. The number of amides is 1. The number of nitrogens with zero attached hydrogens (tertiary/aromatic N) is 1. The fraction of sp³-hybridized carbons (Fsp3) is 0.156. The maximum absolute atomic E-state index is 12.9. The molecule has 0 spiro atoms. The highest BCUT2D eigenvalue weighted by Crippen LogP contribution is 2.29. The number of ether oxygens (including phenoxy) is 5. The minimum Gasteiger partial charge on any atom is -0.494 e. The van der Waals surface area contributed by atoms with Crippen molar-refractivity contribution in [2.45, 2.75) is 20.1 Å². The predicted molar refractivity (Wildman–Crippen MR) is 154 cm³/mol. The number of para-hydroxylation sites is 2. The minimum atomic E-state index is -1.29. The monoisotopic (exact) mass is 554 g/mol. The van der Waals surface area contributed by atoms with E-state index in [1.54, 1.807) is 91.0 Å². The molecule has 0 radical (unpaired) electrons. The molecule has 0 saturated heterocycles. The van der Waals surface area contributed by atoms with Crippen molar-refractivity contribution in [2.24, 2.45) is 5.10 Å². The van der Waals surface area contributed by atoms with Crippen LogP contribution in [0, 0.1) is 0 Å². The molecule has 41 heavy (non-hydrogen) atoms. The van der Waals surface area contributed by atoms with Gasteiger partial charge in [0.15, 0.2) is 11.5 Å². The molecule has 0 atom stereocenters. The molecule has 0 aliphatic heterocycles. The van der Waals surface area contributed by atoms with Crippen molar-refractivity contribution < 1.29 is 33.3 Å². The first-order valence-electron chi connectivity index (χ1n) is 13.0. The molecule has 0 saturated carbocycles. The fourth-order valence-corrected chi connectivity index (χ4v) is 3.57. The third-order valence-electron chi connectivity index (χ3n) is 5.45. The number of esters is 1. The van der Waals surface area contributed by atoms with E-state index in [1.807, 2.05) is 26.0 Å². The summed E-state index contributed by atoms with van der Waals surface area (Å²) in [5, 5.41) is 4.05. The first-order chi connectivity index (χ1) is 20.1. The summed E-state index contributed by atoms with van der Waals surface area (Å²) in [5.74, 6) is 1.04. The lowest BCUT2D eigenvalue weighted by molar-refractivity contribution is -0.140. The third-order valence-corrected chi connectivity index (χ3v) is 5.45. The molecule has 4 aromatic rings. The topological polar surface area (TPSA) is 105 Å². The van der Waals surface area contributed by atoms with Crippen molar-refractivity contribution >= 4 is 18.1 Å². The number of carbonyl (C=O) groups is 2. The van der Waals surface area contributed by atoms with Crippen molar-refractivity contribution in [3.05, 3.63) is 114 Å². The van der Waals surface area contributed by atoms with Gasteiger partial charge < -0.3 is 23.7 Å². The van der Waals surface area contributed by atoms with E-state index in [1.165, 1.54) is 6.21 Å². The zero-order valence-electron chi connectivity index (χ0n) is 22.7. The van der Waals surface area contributed by atoms with Crippen LogP contribution in [-0.4, -0.2) is 37.6 Å². The molecule has 0 aliphatic carbocycles. The van der Waals surface area contributed by atoms with Crippen LogP contribution in [0.2, 0.25) is 0 Å². The minimum absolute atomic E-state index is 0.250. The summed E-state index contributed by atoms with van der Waals surface area (Å²) in [7, 11) is 0. The molecule has 0 aliphatic rings. The van der Waals surface area contributed by atoms with E-state index < -0.39 is 18.2 Å². The quantitative estimate of drug-likeness (QED) is 0.0750. The number of nitrogens with one attached hydrogen (secondary N) is 1. The van der Waals surface area contributed by atoms with Gasteiger partial charge in [-0.1, -0.05) is 36.4 Å². The Hall–Kier alpha value is -5.31. The maximum atomic E-state index is 12.9. The summed E-state index contributed by atoms with van der Waals surface area (Å²) >= 11 is 0. The molecule has 0 aromatic heterocycles. The van der Waals surface area contributed by atoms with Gasteiger partial charge >= 0.3 is 18.2 Å². The van der Waals surface area contributed by atoms with Gasteiger partial charge in [-0.05, 0) is 86.1 Å². The molecule has 0 heterocycles. The van der Waals surface area contributed by atoms with E-state index in [-0.39, 0.29) is 5.75 Å². The summed E-state index contributed by atoms with van der Waals surface area (Å²) in [4.78, 5) is 25.6. The molecule has 0 fully saturated rings. The summed E-state index contributed by atoms with van der Waals surface area (Å²) < 4.78 is 28.2. The van der Waals surface area contributed by atoms with Gasteiger partial charge in [-0.25, -0.2) is 10.2 Å². The second kappa shape index (κ2) is 14.7. The Labute approximate surface area is 238 Å². The molecular formula is C32H30N2O7. The van der Waals surface area contributed by atoms with Crippen LogP contribution in [0.1, 0.15) is 29.8 Å². The first kappa shape index (κ1) is 28.7. The van der Waals surface area contributed by atoms with Gasteiger partial charge in [0.25, 0.3) is 0 Å². The number of hydrogen-bond donors (Lipinski definition) is 1. The van der Waals surface area contributed by atoms with E-state index in [0.717, 1.165) is 0 Å². The summed E-state index contributed by atoms with van der Waals surface area (Å²) in [6.45, 7) is 4.58. The number of carbonyl (C=O) groups excluding carboxylic acids is 2. The van der Waals surface area contributed by atoms with Crippen molar-refractivity contribution in [3.8, 4) is 28.7 Å². The predicted octanol–water partition coefficient (Wildman–Crippen LogP) is 5.64. The zero-order chi connectivity index (χ0) is 28.9. The highest BCUT2D eigenvalue weighted by atomic mass is 16.7. The Morgan fingerprint density at radius 1 is 0.732 bits per heavy atom.